The minimum atomic E-state index is -1.10. The summed E-state index contributed by atoms with van der Waals surface area (Å²) in [5.41, 5.74) is 6.01. The number of anilines is 1. The van der Waals surface area contributed by atoms with Crippen LogP contribution in [0.25, 0.3) is 0 Å². The summed E-state index contributed by atoms with van der Waals surface area (Å²) in [5, 5.41) is 13.4. The summed E-state index contributed by atoms with van der Waals surface area (Å²) in [4.78, 5) is 34.5. The van der Waals surface area contributed by atoms with E-state index >= 15 is 0 Å². The van der Waals surface area contributed by atoms with Crippen LogP contribution in [0.15, 0.2) is 36.4 Å². The number of nitrogens with one attached hydrogen (secondary N) is 1. The predicted molar refractivity (Wildman–Crippen MR) is 104 cm³/mol. The highest BCUT2D eigenvalue weighted by Crippen LogP contribution is 2.27. The van der Waals surface area contributed by atoms with Gasteiger partial charge in [-0.15, -0.1) is 0 Å². The van der Waals surface area contributed by atoms with Crippen molar-refractivity contribution in [3.63, 3.8) is 0 Å². The average Bonchev–Trinajstić information content (AvgIpc) is 2.71. The molecule has 154 valence electrons. The molecule has 0 aromatic heterocycles. The number of hydrogen-bond donors (Lipinski definition) is 2. The van der Waals surface area contributed by atoms with Crippen LogP contribution in [0.3, 0.4) is 0 Å². The van der Waals surface area contributed by atoms with Crippen molar-refractivity contribution in [2.75, 3.05) is 20.0 Å². The van der Waals surface area contributed by atoms with Crippen molar-refractivity contribution in [1.82, 2.24) is 5.32 Å². The number of nitrogen functional groups attached to an aromatic ring is 1. The Balaban J connectivity index is 1.97. The summed E-state index contributed by atoms with van der Waals surface area (Å²) in [5.74, 6) is -0.294. The van der Waals surface area contributed by atoms with Crippen LogP contribution < -0.4 is 20.5 Å². The number of esters is 1. The van der Waals surface area contributed by atoms with Gasteiger partial charge < -0.3 is 25.3 Å². The van der Waals surface area contributed by atoms with E-state index in [2.05, 4.69) is 5.32 Å². The predicted octanol–water partition coefficient (Wildman–Crippen LogP) is 2.06. The third-order valence-corrected chi connectivity index (χ3v) is 4.03. The number of carbonyl (C=O) groups is 2. The van der Waals surface area contributed by atoms with E-state index in [9.17, 15) is 19.7 Å². The maximum Gasteiger partial charge on any atom is 0.341 e. The Morgan fingerprint density at radius 2 is 1.83 bits per heavy atom. The molecule has 0 unspecified atom stereocenters. The fourth-order valence-electron chi connectivity index (χ4n) is 2.45. The zero-order valence-electron chi connectivity index (χ0n) is 16.1. The van der Waals surface area contributed by atoms with Crippen LogP contribution in [0.1, 0.15) is 22.8 Å². The van der Waals surface area contributed by atoms with Gasteiger partial charge in [-0.25, -0.2) is 4.79 Å². The van der Waals surface area contributed by atoms with Gasteiger partial charge in [0.15, 0.2) is 17.6 Å². The molecule has 2 rings (SSSR count). The fraction of sp³-hybridized carbons (Fsp3) is 0.263. The molecule has 2 aromatic rings. The Labute approximate surface area is 166 Å². The number of benzene rings is 2. The van der Waals surface area contributed by atoms with Crippen LogP contribution in [-0.2, 0) is 16.1 Å². The molecule has 1 amide bonds. The van der Waals surface area contributed by atoms with E-state index in [1.54, 1.807) is 18.2 Å². The molecule has 0 spiro atoms. The zero-order chi connectivity index (χ0) is 21.6. The molecule has 0 aliphatic rings. The number of non-ortho nitro benzene ring substituents is 1. The molecular weight excluding hydrogens is 382 g/mol. The summed E-state index contributed by atoms with van der Waals surface area (Å²) in [6, 6.07) is 8.56. The molecule has 0 bridgehead atoms. The molecule has 0 saturated carbocycles. The van der Waals surface area contributed by atoms with E-state index in [1.807, 2.05) is 0 Å². The van der Waals surface area contributed by atoms with Crippen molar-refractivity contribution in [3.8, 4) is 11.5 Å². The minimum absolute atomic E-state index is 0.0601. The third-order valence-electron chi connectivity index (χ3n) is 4.03. The molecule has 0 saturated heterocycles. The molecule has 0 fully saturated rings. The first kappa shape index (κ1) is 21.5. The fourth-order valence-corrected chi connectivity index (χ4v) is 2.45. The van der Waals surface area contributed by atoms with Crippen molar-refractivity contribution in [1.29, 1.82) is 0 Å². The molecule has 10 nitrogen and oxygen atoms in total. The van der Waals surface area contributed by atoms with Crippen LogP contribution in [-0.4, -0.2) is 37.1 Å². The van der Waals surface area contributed by atoms with Gasteiger partial charge in [-0.3, -0.25) is 14.9 Å². The van der Waals surface area contributed by atoms with Crippen LogP contribution in [0.2, 0.25) is 0 Å². The normalized spacial score (nSPS) is 11.3. The number of rotatable bonds is 8. The first-order chi connectivity index (χ1) is 13.8. The molecule has 0 aliphatic carbocycles. The maximum absolute atomic E-state index is 12.2. The smallest absolute Gasteiger partial charge is 0.341 e. The molecule has 29 heavy (non-hydrogen) atoms. The molecule has 10 heteroatoms. The van der Waals surface area contributed by atoms with E-state index in [0.29, 0.717) is 11.5 Å². The molecule has 0 heterocycles. The van der Waals surface area contributed by atoms with Gasteiger partial charge in [0, 0.05) is 18.7 Å². The maximum atomic E-state index is 12.2. The number of amides is 1. The first-order valence-electron chi connectivity index (χ1n) is 8.50. The van der Waals surface area contributed by atoms with Crippen LogP contribution >= 0.6 is 0 Å². The van der Waals surface area contributed by atoms with Gasteiger partial charge in [-0.1, -0.05) is 6.07 Å². The molecular formula is C19H21N3O7. The number of nitrogens with two attached hydrogens (primary N) is 1. The lowest BCUT2D eigenvalue weighted by Gasteiger charge is -2.15. The van der Waals surface area contributed by atoms with E-state index in [-0.39, 0.29) is 23.5 Å². The number of methoxy groups -OCH3 is 2. The summed E-state index contributed by atoms with van der Waals surface area (Å²) < 4.78 is 15.5. The summed E-state index contributed by atoms with van der Waals surface area (Å²) in [7, 11) is 3.03. The number of nitrogens with zero attached hydrogens (tertiary/aromatic N) is 1. The second-order valence-corrected chi connectivity index (χ2v) is 5.98. The lowest BCUT2D eigenvalue weighted by Crippen LogP contribution is -2.35. The summed E-state index contributed by atoms with van der Waals surface area (Å²) >= 11 is 0. The lowest BCUT2D eigenvalue weighted by atomic mass is 10.1. The number of carbonyl (C=O) groups excluding carboxylic acids is 2. The quantitative estimate of drug-likeness (QED) is 0.295. The van der Waals surface area contributed by atoms with Gasteiger partial charge in [0.1, 0.15) is 0 Å². The Morgan fingerprint density at radius 1 is 1.14 bits per heavy atom. The van der Waals surface area contributed by atoms with E-state index in [4.69, 9.17) is 19.9 Å². The molecule has 3 N–H and O–H groups in total. The van der Waals surface area contributed by atoms with Crippen molar-refractivity contribution >= 4 is 23.3 Å². The van der Waals surface area contributed by atoms with Crippen LogP contribution in [0.5, 0.6) is 11.5 Å². The number of nitro benzene ring substituents is 1. The Hall–Kier alpha value is -3.82. The van der Waals surface area contributed by atoms with Gasteiger partial charge in [0.25, 0.3) is 11.6 Å². The zero-order valence-corrected chi connectivity index (χ0v) is 16.1. The number of hydrogen-bond acceptors (Lipinski definition) is 8. The van der Waals surface area contributed by atoms with Gasteiger partial charge in [0.2, 0.25) is 0 Å². The Kier molecular flexibility index (Phi) is 6.96. The second-order valence-electron chi connectivity index (χ2n) is 5.98. The minimum Gasteiger partial charge on any atom is -0.493 e. The van der Waals surface area contributed by atoms with Crippen molar-refractivity contribution in [2.45, 2.75) is 19.6 Å². The van der Waals surface area contributed by atoms with Gasteiger partial charge >= 0.3 is 5.97 Å². The number of ether oxygens (including phenoxy) is 3. The first-order valence-corrected chi connectivity index (χ1v) is 8.50. The average molecular weight is 403 g/mol. The summed E-state index contributed by atoms with van der Waals surface area (Å²) in [6.45, 7) is 1.59. The second kappa shape index (κ2) is 9.40. The monoisotopic (exact) mass is 403 g/mol. The number of nitro groups is 1. The topological polar surface area (TPSA) is 143 Å². The molecule has 2 aromatic carbocycles. The van der Waals surface area contributed by atoms with Crippen molar-refractivity contribution in [3.05, 3.63) is 57.6 Å². The Bertz CT molecular complexity index is 930. The molecule has 0 radical (unpaired) electrons. The van der Waals surface area contributed by atoms with Crippen LogP contribution in [0.4, 0.5) is 11.4 Å². The SMILES string of the molecule is COc1ccc(CNC(=O)[C@@H](C)OC(=O)c2ccc([N+](=O)[O-])cc2N)cc1OC. The van der Waals surface area contributed by atoms with E-state index in [1.165, 1.54) is 27.2 Å². The standard InChI is InChI=1S/C19H21N3O7/c1-11(29-19(24)14-6-5-13(22(25)26)9-15(14)20)18(23)21-10-12-4-7-16(27-2)17(8-12)28-3/h4-9,11H,10,20H2,1-3H3,(H,21,23)/t11-/m1/s1. The Morgan fingerprint density at radius 3 is 2.41 bits per heavy atom. The van der Waals surface area contributed by atoms with Gasteiger partial charge in [-0.05, 0) is 30.7 Å². The lowest BCUT2D eigenvalue weighted by molar-refractivity contribution is -0.384. The van der Waals surface area contributed by atoms with Gasteiger partial charge in [0.05, 0.1) is 30.4 Å². The largest absolute Gasteiger partial charge is 0.493 e. The molecule has 0 aliphatic heterocycles. The molecule has 1 atom stereocenters. The van der Waals surface area contributed by atoms with Crippen molar-refractivity contribution < 1.29 is 28.7 Å². The highest BCUT2D eigenvalue weighted by Gasteiger charge is 2.21. The third kappa shape index (κ3) is 5.34. The highest BCUT2D eigenvalue weighted by atomic mass is 16.6. The van der Waals surface area contributed by atoms with Crippen LogP contribution in [0, 0.1) is 10.1 Å². The highest BCUT2D eigenvalue weighted by molar-refractivity contribution is 5.97. The van der Waals surface area contributed by atoms with Gasteiger partial charge in [-0.2, -0.15) is 0 Å². The summed E-state index contributed by atoms with van der Waals surface area (Å²) in [6.07, 6.45) is -1.10. The van der Waals surface area contributed by atoms with Crippen molar-refractivity contribution in [2.24, 2.45) is 0 Å². The van der Waals surface area contributed by atoms with E-state index in [0.717, 1.165) is 17.7 Å². The van der Waals surface area contributed by atoms with E-state index < -0.39 is 22.9 Å².